The predicted octanol–water partition coefficient (Wildman–Crippen LogP) is 0.836. The van der Waals surface area contributed by atoms with Crippen molar-refractivity contribution in [2.24, 2.45) is 0 Å². The number of hydrogen-bond donors (Lipinski definition) is 1. The van der Waals surface area contributed by atoms with Crippen molar-refractivity contribution in [2.75, 3.05) is 52.3 Å². The quantitative estimate of drug-likeness (QED) is 0.609. The molecule has 2 fully saturated rings. The van der Waals surface area contributed by atoms with Gasteiger partial charge < -0.3 is 14.8 Å². The number of benzene rings is 1. The molecule has 1 aromatic rings. The highest BCUT2D eigenvalue weighted by Gasteiger charge is 2.35. The van der Waals surface area contributed by atoms with Gasteiger partial charge in [0, 0.05) is 51.5 Å². The van der Waals surface area contributed by atoms with E-state index in [1.807, 2.05) is 0 Å². The van der Waals surface area contributed by atoms with Gasteiger partial charge >= 0.3 is 0 Å². The van der Waals surface area contributed by atoms with Crippen LogP contribution in [0.1, 0.15) is 19.3 Å². The van der Waals surface area contributed by atoms with E-state index in [2.05, 4.69) is 10.2 Å². The minimum atomic E-state index is -3.20. The fourth-order valence-electron chi connectivity index (χ4n) is 4.02. The highest BCUT2D eigenvalue weighted by atomic mass is 32.2. The molecule has 2 saturated heterocycles. The van der Waals surface area contributed by atoms with Crippen LogP contribution in [0.4, 0.5) is 4.39 Å². The van der Waals surface area contributed by atoms with Gasteiger partial charge in [0.2, 0.25) is 10.0 Å². The van der Waals surface area contributed by atoms with Crippen LogP contribution in [0.2, 0.25) is 0 Å². The normalized spacial score (nSPS) is 21.1. The van der Waals surface area contributed by atoms with Crippen LogP contribution in [0.3, 0.4) is 0 Å². The zero-order chi connectivity index (χ0) is 21.6. The summed E-state index contributed by atoms with van der Waals surface area (Å²) < 4.78 is 49.0. The maximum absolute atomic E-state index is 12.9. The highest BCUT2D eigenvalue weighted by Crippen LogP contribution is 2.24. The fraction of sp³-hybridized carbons (Fsp3) is 0.650. The summed E-state index contributed by atoms with van der Waals surface area (Å²) in [5.41, 5.74) is 0. The third-order valence-corrected chi connectivity index (χ3v) is 6.87. The minimum absolute atomic E-state index is 0.134. The van der Waals surface area contributed by atoms with Crippen molar-refractivity contribution in [2.45, 2.75) is 31.3 Å². The van der Waals surface area contributed by atoms with Crippen molar-refractivity contribution in [3.05, 3.63) is 30.1 Å². The Hall–Kier alpha value is -1.75. The summed E-state index contributed by atoms with van der Waals surface area (Å²) in [4.78, 5) is 14.4. The molecule has 8 nitrogen and oxygen atoms in total. The number of sulfonamides is 1. The van der Waals surface area contributed by atoms with Gasteiger partial charge in [-0.3, -0.25) is 9.69 Å². The molecule has 10 heteroatoms. The summed E-state index contributed by atoms with van der Waals surface area (Å²) in [7, 11) is -3.20. The molecule has 2 aliphatic rings. The second kappa shape index (κ2) is 10.5. The molecule has 30 heavy (non-hydrogen) atoms. The van der Waals surface area contributed by atoms with Crippen LogP contribution < -0.4 is 10.1 Å². The number of ether oxygens (including phenoxy) is 2. The number of rotatable bonds is 9. The van der Waals surface area contributed by atoms with Gasteiger partial charge in [-0.05, 0) is 43.5 Å². The van der Waals surface area contributed by atoms with Crippen LogP contribution >= 0.6 is 0 Å². The maximum Gasteiger partial charge on any atom is 0.257 e. The topological polar surface area (TPSA) is 88.2 Å². The monoisotopic (exact) mass is 443 g/mol. The first-order valence-electron chi connectivity index (χ1n) is 10.3. The Labute approximate surface area is 177 Å². The number of nitrogens with zero attached hydrogens (tertiary/aromatic N) is 2. The fourth-order valence-corrected chi connectivity index (χ4v) is 4.90. The molecule has 1 atom stereocenters. The van der Waals surface area contributed by atoms with Crippen LogP contribution in [0.25, 0.3) is 0 Å². The summed E-state index contributed by atoms with van der Waals surface area (Å²) in [6, 6.07) is 5.96. The molecular formula is C20H30FN3O5S. The van der Waals surface area contributed by atoms with Crippen LogP contribution in [-0.2, 0) is 19.6 Å². The first-order chi connectivity index (χ1) is 14.3. The molecule has 1 N–H and O–H groups in total. The van der Waals surface area contributed by atoms with E-state index in [4.69, 9.17) is 9.47 Å². The molecule has 1 unspecified atom stereocenters. The standard InChI is InChI=1S/C20H30FN3O5S/c1-30(26,27)23-10-6-18(14-23)24(17-7-12-28-13-8-17)11-9-22-20(25)15-29-19-4-2-16(21)3-5-19/h2-5,17-18H,6-15H2,1H3,(H,22,25). The second-order valence-electron chi connectivity index (χ2n) is 7.74. The molecule has 2 heterocycles. The molecule has 0 aromatic heterocycles. The van der Waals surface area contributed by atoms with E-state index in [1.165, 1.54) is 34.8 Å². The van der Waals surface area contributed by atoms with Gasteiger partial charge in [0.15, 0.2) is 6.61 Å². The summed E-state index contributed by atoms with van der Waals surface area (Å²) in [6.07, 6.45) is 3.83. The zero-order valence-corrected chi connectivity index (χ0v) is 18.1. The van der Waals surface area contributed by atoms with E-state index in [-0.39, 0.29) is 24.4 Å². The lowest BCUT2D eigenvalue weighted by Gasteiger charge is -2.38. The van der Waals surface area contributed by atoms with Crippen molar-refractivity contribution in [1.82, 2.24) is 14.5 Å². The Balaban J connectivity index is 1.49. The lowest BCUT2D eigenvalue weighted by atomic mass is 10.0. The van der Waals surface area contributed by atoms with Crippen LogP contribution in [0.15, 0.2) is 24.3 Å². The third-order valence-electron chi connectivity index (χ3n) is 5.60. The van der Waals surface area contributed by atoms with Gasteiger partial charge in [0.1, 0.15) is 11.6 Å². The molecule has 2 aliphatic heterocycles. The number of nitrogens with one attached hydrogen (secondary N) is 1. The van der Waals surface area contributed by atoms with Crippen molar-refractivity contribution in [1.29, 1.82) is 0 Å². The van der Waals surface area contributed by atoms with E-state index in [1.54, 1.807) is 0 Å². The van der Waals surface area contributed by atoms with Gasteiger partial charge in [0.05, 0.1) is 6.26 Å². The van der Waals surface area contributed by atoms with E-state index >= 15 is 0 Å². The van der Waals surface area contributed by atoms with Crippen LogP contribution in [-0.4, -0.2) is 87.9 Å². The van der Waals surface area contributed by atoms with Gasteiger partial charge in [-0.2, -0.15) is 0 Å². The Bertz CT molecular complexity index is 799. The molecule has 3 rings (SSSR count). The van der Waals surface area contributed by atoms with Crippen molar-refractivity contribution in [3.8, 4) is 5.75 Å². The lowest BCUT2D eigenvalue weighted by Crippen LogP contribution is -2.50. The van der Waals surface area contributed by atoms with Gasteiger partial charge in [-0.25, -0.2) is 17.1 Å². The highest BCUT2D eigenvalue weighted by molar-refractivity contribution is 7.88. The third kappa shape index (κ3) is 6.63. The first kappa shape index (κ1) is 22.9. The number of amides is 1. The van der Waals surface area contributed by atoms with Crippen molar-refractivity contribution in [3.63, 3.8) is 0 Å². The Morgan fingerprint density at radius 2 is 1.93 bits per heavy atom. The summed E-state index contributed by atoms with van der Waals surface area (Å²) in [5, 5.41) is 2.86. The first-order valence-corrected chi connectivity index (χ1v) is 12.1. The molecule has 0 aliphatic carbocycles. The smallest absolute Gasteiger partial charge is 0.257 e. The molecule has 0 bridgehead atoms. The average molecular weight is 444 g/mol. The molecular weight excluding hydrogens is 413 g/mol. The largest absolute Gasteiger partial charge is 0.484 e. The van der Waals surface area contributed by atoms with E-state index in [9.17, 15) is 17.6 Å². The van der Waals surface area contributed by atoms with Crippen LogP contribution in [0.5, 0.6) is 5.75 Å². The van der Waals surface area contributed by atoms with Crippen molar-refractivity contribution >= 4 is 15.9 Å². The SMILES string of the molecule is CS(=O)(=O)N1CCC(N(CCNC(=O)COc2ccc(F)cc2)C2CCOCC2)C1. The van der Waals surface area contributed by atoms with E-state index in [0.717, 1.165) is 19.3 Å². The molecule has 1 amide bonds. The molecule has 168 valence electrons. The number of carbonyl (C=O) groups excluding carboxylic acids is 1. The molecule has 0 saturated carbocycles. The van der Waals surface area contributed by atoms with Crippen molar-refractivity contribution < 1.29 is 27.1 Å². The summed E-state index contributed by atoms with van der Waals surface area (Å²) >= 11 is 0. The second-order valence-corrected chi connectivity index (χ2v) is 9.72. The molecule has 0 radical (unpaired) electrons. The van der Waals surface area contributed by atoms with E-state index in [0.29, 0.717) is 51.2 Å². The zero-order valence-electron chi connectivity index (χ0n) is 17.3. The van der Waals surface area contributed by atoms with Gasteiger partial charge in [-0.1, -0.05) is 0 Å². The minimum Gasteiger partial charge on any atom is -0.484 e. The van der Waals surface area contributed by atoms with Crippen LogP contribution in [0, 0.1) is 5.82 Å². The Morgan fingerprint density at radius 1 is 1.23 bits per heavy atom. The van der Waals surface area contributed by atoms with Gasteiger partial charge in [-0.15, -0.1) is 0 Å². The number of hydrogen-bond acceptors (Lipinski definition) is 6. The van der Waals surface area contributed by atoms with Gasteiger partial charge in [0.25, 0.3) is 5.91 Å². The number of halogens is 1. The Kier molecular flexibility index (Phi) is 8.04. The average Bonchev–Trinajstić information content (AvgIpc) is 3.22. The summed E-state index contributed by atoms with van der Waals surface area (Å²) in [6.45, 7) is 3.34. The number of carbonyl (C=O) groups is 1. The van der Waals surface area contributed by atoms with E-state index < -0.39 is 10.0 Å². The maximum atomic E-state index is 12.9. The Morgan fingerprint density at radius 3 is 2.57 bits per heavy atom. The molecule has 1 aromatic carbocycles. The lowest BCUT2D eigenvalue weighted by molar-refractivity contribution is -0.123. The predicted molar refractivity (Wildman–Crippen MR) is 110 cm³/mol. The summed E-state index contributed by atoms with van der Waals surface area (Å²) in [5.74, 6) is -0.181. The molecule has 0 spiro atoms.